The van der Waals surface area contributed by atoms with E-state index in [0.29, 0.717) is 6.04 Å². The molecule has 0 aliphatic heterocycles. The van der Waals surface area contributed by atoms with Crippen LogP contribution in [0, 0.1) is 6.92 Å². The Bertz CT molecular complexity index is 525. The molecule has 1 unspecified atom stereocenters. The first-order valence-corrected chi connectivity index (χ1v) is 6.84. The van der Waals surface area contributed by atoms with Gasteiger partial charge in [-0.15, -0.1) is 0 Å². The van der Waals surface area contributed by atoms with E-state index in [9.17, 15) is 0 Å². The molecule has 0 spiro atoms. The van der Waals surface area contributed by atoms with Crippen molar-refractivity contribution in [1.29, 1.82) is 0 Å². The fourth-order valence-electron chi connectivity index (χ4n) is 2.01. The lowest BCUT2D eigenvalue weighted by molar-refractivity contribution is 0.571. The molecule has 2 nitrogen and oxygen atoms in total. The van der Waals surface area contributed by atoms with Gasteiger partial charge < -0.3 is 5.32 Å². The van der Waals surface area contributed by atoms with Gasteiger partial charge in [0.2, 0.25) is 0 Å². The molecule has 94 valence electrons. The largest absolute Gasteiger partial charge is 0.306 e. The highest BCUT2D eigenvalue weighted by Gasteiger charge is 2.07. The fourth-order valence-corrected chi connectivity index (χ4v) is 2.42. The summed E-state index contributed by atoms with van der Waals surface area (Å²) in [5, 5.41) is 3.52. The number of nitrogens with one attached hydrogen (secondary N) is 1. The van der Waals surface area contributed by atoms with Crippen molar-refractivity contribution in [2.24, 2.45) is 0 Å². The van der Waals surface area contributed by atoms with Crippen LogP contribution in [0.3, 0.4) is 0 Å². The third-order valence-corrected chi connectivity index (χ3v) is 3.46. The number of aromatic nitrogens is 1. The Kier molecular flexibility index (Phi) is 4.50. The van der Waals surface area contributed by atoms with Gasteiger partial charge >= 0.3 is 0 Å². The molecule has 0 amide bonds. The van der Waals surface area contributed by atoms with Gasteiger partial charge in [-0.3, -0.25) is 4.98 Å². The van der Waals surface area contributed by atoms with Crippen LogP contribution in [-0.2, 0) is 6.54 Å². The van der Waals surface area contributed by atoms with Crippen molar-refractivity contribution in [2.45, 2.75) is 26.4 Å². The molecular weight excluding hydrogens is 288 g/mol. The zero-order valence-electron chi connectivity index (χ0n) is 10.7. The summed E-state index contributed by atoms with van der Waals surface area (Å²) in [7, 11) is 0. The van der Waals surface area contributed by atoms with Crippen LogP contribution in [0.2, 0.25) is 0 Å². The van der Waals surface area contributed by atoms with E-state index in [1.54, 1.807) is 6.20 Å². The average Bonchev–Trinajstić information content (AvgIpc) is 2.37. The van der Waals surface area contributed by atoms with E-state index in [-0.39, 0.29) is 0 Å². The maximum atomic E-state index is 4.17. The van der Waals surface area contributed by atoms with Crippen LogP contribution in [0.1, 0.15) is 29.7 Å². The summed E-state index contributed by atoms with van der Waals surface area (Å²) in [6, 6.07) is 10.9. The molecule has 0 aliphatic rings. The molecule has 18 heavy (non-hydrogen) atoms. The molecule has 0 saturated heterocycles. The third kappa shape index (κ3) is 3.40. The Morgan fingerprint density at radius 3 is 2.78 bits per heavy atom. The van der Waals surface area contributed by atoms with Crippen LogP contribution >= 0.6 is 15.9 Å². The number of benzene rings is 1. The first kappa shape index (κ1) is 13.2. The van der Waals surface area contributed by atoms with Crippen molar-refractivity contribution in [3.63, 3.8) is 0 Å². The monoisotopic (exact) mass is 304 g/mol. The van der Waals surface area contributed by atoms with E-state index >= 15 is 0 Å². The van der Waals surface area contributed by atoms with E-state index in [1.807, 2.05) is 6.20 Å². The zero-order valence-corrected chi connectivity index (χ0v) is 12.2. The average molecular weight is 305 g/mol. The number of rotatable bonds is 4. The smallest absolute Gasteiger partial charge is 0.0410 e. The number of hydrogen-bond donors (Lipinski definition) is 1. The highest BCUT2D eigenvalue weighted by atomic mass is 79.9. The molecule has 0 aliphatic carbocycles. The molecule has 1 atom stereocenters. The normalized spacial score (nSPS) is 12.4. The summed E-state index contributed by atoms with van der Waals surface area (Å²) < 4.78 is 1.02. The van der Waals surface area contributed by atoms with Crippen molar-refractivity contribution >= 4 is 15.9 Å². The minimum absolute atomic E-state index is 0.338. The van der Waals surface area contributed by atoms with Crippen molar-refractivity contribution in [2.75, 3.05) is 0 Å². The quantitative estimate of drug-likeness (QED) is 0.923. The molecule has 3 heteroatoms. The standard InChI is InChI=1S/C15H17BrN2/c1-11-5-3-4-6-15(11)12(2)18-9-13-7-14(16)10-17-8-13/h3-8,10,12,18H,9H2,1-2H3. The number of halogens is 1. The van der Waals surface area contributed by atoms with Gasteiger partial charge in [0.25, 0.3) is 0 Å². The molecule has 2 rings (SSSR count). The molecule has 1 aromatic carbocycles. The summed E-state index contributed by atoms with van der Waals surface area (Å²) >= 11 is 3.44. The molecule has 0 saturated carbocycles. The molecule has 0 radical (unpaired) electrons. The van der Waals surface area contributed by atoms with Crippen molar-refractivity contribution in [3.05, 3.63) is 63.9 Å². The zero-order chi connectivity index (χ0) is 13.0. The van der Waals surface area contributed by atoms with E-state index in [1.165, 1.54) is 16.7 Å². The number of hydrogen-bond acceptors (Lipinski definition) is 2. The predicted octanol–water partition coefficient (Wildman–Crippen LogP) is 4.00. The maximum absolute atomic E-state index is 4.17. The van der Waals surface area contributed by atoms with Gasteiger partial charge in [0.05, 0.1) is 0 Å². The second-order valence-electron chi connectivity index (χ2n) is 4.47. The highest BCUT2D eigenvalue weighted by Crippen LogP contribution is 2.17. The Morgan fingerprint density at radius 1 is 1.28 bits per heavy atom. The summed E-state index contributed by atoms with van der Waals surface area (Å²) in [6.07, 6.45) is 3.69. The van der Waals surface area contributed by atoms with E-state index < -0.39 is 0 Å². The SMILES string of the molecule is Cc1ccccc1C(C)NCc1cncc(Br)c1. The van der Waals surface area contributed by atoms with Gasteiger partial charge in [-0.25, -0.2) is 0 Å². The van der Waals surface area contributed by atoms with Gasteiger partial charge in [0, 0.05) is 29.5 Å². The van der Waals surface area contributed by atoms with Gasteiger partial charge in [-0.05, 0) is 52.5 Å². The van der Waals surface area contributed by atoms with Gasteiger partial charge in [-0.1, -0.05) is 24.3 Å². The first-order valence-electron chi connectivity index (χ1n) is 6.05. The van der Waals surface area contributed by atoms with E-state index in [2.05, 4.69) is 70.4 Å². The third-order valence-electron chi connectivity index (χ3n) is 3.03. The minimum atomic E-state index is 0.338. The first-order chi connectivity index (χ1) is 8.66. The predicted molar refractivity (Wildman–Crippen MR) is 78.4 cm³/mol. The second-order valence-corrected chi connectivity index (χ2v) is 5.39. The van der Waals surface area contributed by atoms with Crippen LogP contribution in [0.15, 0.2) is 47.2 Å². The van der Waals surface area contributed by atoms with Crippen LogP contribution in [-0.4, -0.2) is 4.98 Å². The number of aryl methyl sites for hydroxylation is 1. The number of nitrogens with zero attached hydrogens (tertiary/aromatic N) is 1. The molecule has 1 heterocycles. The summed E-state index contributed by atoms with van der Waals surface area (Å²) in [6.45, 7) is 5.16. The molecule has 1 aromatic heterocycles. The molecule has 0 fully saturated rings. The van der Waals surface area contributed by atoms with Gasteiger partial charge in [0.1, 0.15) is 0 Å². The summed E-state index contributed by atoms with van der Waals surface area (Å²) in [4.78, 5) is 4.17. The van der Waals surface area contributed by atoms with Crippen molar-refractivity contribution in [3.8, 4) is 0 Å². The lowest BCUT2D eigenvalue weighted by atomic mass is 10.0. The Morgan fingerprint density at radius 2 is 2.06 bits per heavy atom. The second kappa shape index (κ2) is 6.12. The van der Waals surface area contributed by atoms with Crippen molar-refractivity contribution in [1.82, 2.24) is 10.3 Å². The Balaban J connectivity index is 2.00. The minimum Gasteiger partial charge on any atom is -0.306 e. The molecular formula is C15H17BrN2. The van der Waals surface area contributed by atoms with Crippen LogP contribution < -0.4 is 5.32 Å². The topological polar surface area (TPSA) is 24.9 Å². The van der Waals surface area contributed by atoms with E-state index in [4.69, 9.17) is 0 Å². The van der Waals surface area contributed by atoms with Crippen LogP contribution in [0.4, 0.5) is 0 Å². The lowest BCUT2D eigenvalue weighted by Gasteiger charge is -2.16. The Labute approximate surface area is 117 Å². The highest BCUT2D eigenvalue weighted by molar-refractivity contribution is 9.10. The lowest BCUT2D eigenvalue weighted by Crippen LogP contribution is -2.18. The maximum Gasteiger partial charge on any atom is 0.0410 e. The Hall–Kier alpha value is -1.19. The van der Waals surface area contributed by atoms with Crippen LogP contribution in [0.25, 0.3) is 0 Å². The number of pyridine rings is 1. The van der Waals surface area contributed by atoms with E-state index in [0.717, 1.165) is 11.0 Å². The van der Waals surface area contributed by atoms with Crippen molar-refractivity contribution < 1.29 is 0 Å². The molecule has 0 bridgehead atoms. The molecule has 1 N–H and O–H groups in total. The summed E-state index contributed by atoms with van der Waals surface area (Å²) in [5.41, 5.74) is 3.86. The fraction of sp³-hybridized carbons (Fsp3) is 0.267. The van der Waals surface area contributed by atoms with Gasteiger partial charge in [0.15, 0.2) is 0 Å². The van der Waals surface area contributed by atoms with Gasteiger partial charge in [-0.2, -0.15) is 0 Å². The van der Waals surface area contributed by atoms with Crippen LogP contribution in [0.5, 0.6) is 0 Å². The molecule has 2 aromatic rings. The summed E-state index contributed by atoms with van der Waals surface area (Å²) in [5.74, 6) is 0.